The van der Waals surface area contributed by atoms with Gasteiger partial charge >= 0.3 is 6.18 Å². The molecule has 2 aromatic rings. The van der Waals surface area contributed by atoms with Crippen LogP contribution in [0.4, 0.5) is 18.9 Å². The van der Waals surface area contributed by atoms with Crippen molar-refractivity contribution in [1.82, 2.24) is 4.98 Å². The van der Waals surface area contributed by atoms with Crippen molar-refractivity contribution >= 4 is 17.4 Å². The summed E-state index contributed by atoms with van der Waals surface area (Å²) in [6.07, 6.45) is -3.74. The molecule has 22 heavy (non-hydrogen) atoms. The number of aliphatic hydroxyl groups is 1. The molecule has 0 spiro atoms. The number of aromatic nitrogens is 1. The highest BCUT2D eigenvalue weighted by atomic mass is 32.2. The van der Waals surface area contributed by atoms with Crippen molar-refractivity contribution in [2.24, 2.45) is 0 Å². The van der Waals surface area contributed by atoms with Gasteiger partial charge in [-0.1, -0.05) is 11.8 Å². The minimum Gasteiger partial charge on any atom is -0.392 e. The number of alkyl halides is 3. The van der Waals surface area contributed by atoms with E-state index in [1.807, 2.05) is 0 Å². The monoisotopic (exact) mass is 330 g/mol. The van der Waals surface area contributed by atoms with Crippen molar-refractivity contribution in [1.29, 1.82) is 0 Å². The first kappa shape index (κ1) is 16.2. The zero-order chi connectivity index (χ0) is 16.3. The molecule has 0 saturated heterocycles. The highest BCUT2D eigenvalue weighted by Gasteiger charge is 2.30. The number of benzene rings is 1. The Morgan fingerprint density at radius 1 is 1.27 bits per heavy atom. The van der Waals surface area contributed by atoms with Gasteiger partial charge in [0.15, 0.2) is 0 Å². The summed E-state index contributed by atoms with van der Waals surface area (Å²) in [5.74, 6) is 0. The summed E-state index contributed by atoms with van der Waals surface area (Å²) in [6.45, 7) is -0.426. The molecule has 1 heterocycles. The topological polar surface area (TPSA) is 76.3 Å². The van der Waals surface area contributed by atoms with E-state index in [4.69, 9.17) is 0 Å². The van der Waals surface area contributed by atoms with Crippen LogP contribution < -0.4 is 0 Å². The Hall–Kier alpha value is -2.13. The van der Waals surface area contributed by atoms with Crippen LogP contribution in [-0.2, 0) is 12.8 Å². The fourth-order valence-corrected chi connectivity index (χ4v) is 2.48. The Bertz CT molecular complexity index is 690. The van der Waals surface area contributed by atoms with Gasteiger partial charge in [0.2, 0.25) is 0 Å². The predicted molar refractivity (Wildman–Crippen MR) is 72.4 cm³/mol. The van der Waals surface area contributed by atoms with Crippen molar-refractivity contribution in [3.63, 3.8) is 0 Å². The molecule has 1 aromatic carbocycles. The highest BCUT2D eigenvalue weighted by molar-refractivity contribution is 7.99. The van der Waals surface area contributed by atoms with Gasteiger partial charge < -0.3 is 5.11 Å². The van der Waals surface area contributed by atoms with Crippen LogP contribution in [0.25, 0.3) is 0 Å². The van der Waals surface area contributed by atoms with Crippen molar-refractivity contribution in [2.45, 2.75) is 22.7 Å². The molecule has 0 atom stereocenters. The lowest BCUT2D eigenvalue weighted by atomic mass is 10.2. The summed E-state index contributed by atoms with van der Waals surface area (Å²) in [6, 6.07) is 6.00. The summed E-state index contributed by atoms with van der Waals surface area (Å²) in [7, 11) is 0. The fraction of sp³-hybridized carbons (Fsp3) is 0.154. The second kappa shape index (κ2) is 6.32. The fourth-order valence-electron chi connectivity index (χ4n) is 1.62. The number of hydrogen-bond donors (Lipinski definition) is 1. The molecule has 0 unspecified atom stereocenters. The van der Waals surface area contributed by atoms with Crippen LogP contribution in [0, 0.1) is 10.1 Å². The molecule has 1 N–H and O–H groups in total. The third kappa shape index (κ3) is 3.74. The number of nitro benzene ring substituents is 1. The van der Waals surface area contributed by atoms with Crippen LogP contribution in [-0.4, -0.2) is 15.0 Å². The normalized spacial score (nSPS) is 11.5. The molecule has 0 fully saturated rings. The number of rotatable bonds is 4. The average molecular weight is 330 g/mol. The van der Waals surface area contributed by atoms with Crippen LogP contribution in [0.5, 0.6) is 0 Å². The molecule has 0 amide bonds. The van der Waals surface area contributed by atoms with E-state index in [0.717, 1.165) is 17.8 Å². The maximum absolute atomic E-state index is 12.4. The van der Waals surface area contributed by atoms with E-state index in [9.17, 15) is 28.4 Å². The summed E-state index contributed by atoms with van der Waals surface area (Å²) in [5, 5.41) is 20.2. The van der Waals surface area contributed by atoms with Crippen molar-refractivity contribution in [3.05, 3.63) is 57.8 Å². The lowest BCUT2D eigenvalue weighted by Gasteiger charge is -2.08. The van der Waals surface area contributed by atoms with Gasteiger partial charge in [0.25, 0.3) is 5.69 Å². The Morgan fingerprint density at radius 2 is 2.00 bits per heavy atom. The van der Waals surface area contributed by atoms with Gasteiger partial charge in [-0.2, -0.15) is 13.2 Å². The third-order valence-corrected chi connectivity index (χ3v) is 3.77. The van der Waals surface area contributed by atoms with Gasteiger partial charge in [0.1, 0.15) is 5.03 Å². The van der Waals surface area contributed by atoms with Crippen LogP contribution in [0.3, 0.4) is 0 Å². The lowest BCUT2D eigenvalue weighted by Crippen LogP contribution is -2.05. The van der Waals surface area contributed by atoms with E-state index < -0.39 is 23.3 Å². The highest BCUT2D eigenvalue weighted by Crippen LogP contribution is 2.33. The van der Waals surface area contributed by atoms with Crippen molar-refractivity contribution in [3.8, 4) is 0 Å². The SMILES string of the molecule is O=[N+]([O-])c1ccc(Sc2ccc(C(F)(F)F)cn2)c(CO)c1. The molecule has 0 aliphatic rings. The zero-order valence-corrected chi connectivity index (χ0v) is 11.7. The quantitative estimate of drug-likeness (QED) is 0.684. The van der Waals surface area contributed by atoms with Crippen molar-refractivity contribution < 1.29 is 23.2 Å². The van der Waals surface area contributed by atoms with E-state index in [2.05, 4.69) is 4.98 Å². The molecule has 0 radical (unpaired) electrons. The molecule has 0 saturated carbocycles. The van der Waals surface area contributed by atoms with Gasteiger partial charge in [0, 0.05) is 23.2 Å². The Kier molecular flexibility index (Phi) is 4.67. The molecule has 116 valence electrons. The van der Waals surface area contributed by atoms with E-state index in [0.29, 0.717) is 16.7 Å². The number of non-ortho nitro benzene ring substituents is 1. The molecular weight excluding hydrogens is 321 g/mol. The first-order valence-electron chi connectivity index (χ1n) is 5.90. The first-order valence-corrected chi connectivity index (χ1v) is 6.72. The molecule has 2 rings (SSSR count). The molecule has 9 heteroatoms. The summed E-state index contributed by atoms with van der Waals surface area (Å²) in [4.78, 5) is 14.3. The standard InChI is InChI=1S/C13H9F3N2O3S/c14-13(15,16)9-1-4-12(17-6-9)22-11-3-2-10(18(20)21)5-8(11)7-19/h1-6,19H,7H2. The average Bonchev–Trinajstić information content (AvgIpc) is 2.47. The number of halogens is 3. The minimum absolute atomic E-state index is 0.172. The van der Waals surface area contributed by atoms with Gasteiger partial charge in [0.05, 0.1) is 17.1 Å². The maximum Gasteiger partial charge on any atom is 0.417 e. The molecule has 0 aliphatic carbocycles. The summed E-state index contributed by atoms with van der Waals surface area (Å²) < 4.78 is 37.3. The zero-order valence-electron chi connectivity index (χ0n) is 10.9. The van der Waals surface area contributed by atoms with Crippen molar-refractivity contribution in [2.75, 3.05) is 0 Å². The first-order chi connectivity index (χ1) is 10.3. The molecule has 0 bridgehead atoms. The number of pyridine rings is 1. The molecule has 0 aliphatic heterocycles. The number of hydrogen-bond acceptors (Lipinski definition) is 5. The predicted octanol–water partition coefficient (Wildman–Crippen LogP) is 3.65. The molecule has 5 nitrogen and oxygen atoms in total. The van der Waals surface area contributed by atoms with Crippen LogP contribution in [0.15, 0.2) is 46.5 Å². The summed E-state index contributed by atoms with van der Waals surface area (Å²) in [5.41, 5.74) is -0.724. The van der Waals surface area contributed by atoms with Gasteiger partial charge in [-0.3, -0.25) is 10.1 Å². The Labute approximate surface area is 127 Å². The smallest absolute Gasteiger partial charge is 0.392 e. The van der Waals surface area contributed by atoms with Gasteiger partial charge in [-0.15, -0.1) is 0 Å². The van der Waals surface area contributed by atoms with Crippen LogP contribution in [0.1, 0.15) is 11.1 Å². The van der Waals surface area contributed by atoms with Crippen LogP contribution >= 0.6 is 11.8 Å². The third-order valence-electron chi connectivity index (χ3n) is 2.70. The largest absolute Gasteiger partial charge is 0.417 e. The molecule has 1 aromatic heterocycles. The maximum atomic E-state index is 12.4. The summed E-state index contributed by atoms with van der Waals surface area (Å²) >= 11 is 1.02. The molecular formula is C13H9F3N2O3S. The lowest BCUT2D eigenvalue weighted by molar-refractivity contribution is -0.385. The Balaban J connectivity index is 2.25. The van der Waals surface area contributed by atoms with E-state index in [1.54, 1.807) is 0 Å². The number of nitro groups is 1. The van der Waals surface area contributed by atoms with Crippen LogP contribution in [0.2, 0.25) is 0 Å². The van der Waals surface area contributed by atoms with E-state index in [1.165, 1.54) is 24.3 Å². The number of aliphatic hydroxyl groups excluding tert-OH is 1. The van der Waals surface area contributed by atoms with E-state index in [-0.39, 0.29) is 10.7 Å². The second-order valence-corrected chi connectivity index (χ2v) is 5.25. The Morgan fingerprint density at radius 3 is 2.50 bits per heavy atom. The van der Waals surface area contributed by atoms with Gasteiger partial charge in [-0.25, -0.2) is 4.98 Å². The minimum atomic E-state index is -4.46. The van der Waals surface area contributed by atoms with Gasteiger partial charge in [-0.05, 0) is 23.8 Å². The number of nitrogens with zero attached hydrogens (tertiary/aromatic N) is 2. The van der Waals surface area contributed by atoms with E-state index >= 15 is 0 Å². The second-order valence-electron chi connectivity index (χ2n) is 4.19.